The van der Waals surface area contributed by atoms with E-state index in [4.69, 9.17) is 4.74 Å². The van der Waals surface area contributed by atoms with Gasteiger partial charge in [-0.2, -0.15) is 0 Å². The molecule has 1 rings (SSSR count). The Morgan fingerprint density at radius 2 is 2.00 bits per heavy atom. The molecule has 0 heterocycles. The Labute approximate surface area is 112 Å². The van der Waals surface area contributed by atoms with E-state index in [2.05, 4.69) is 33.0 Å². The van der Waals surface area contributed by atoms with Crippen molar-refractivity contribution >= 4 is 15.9 Å². The Morgan fingerprint density at radius 3 is 2.59 bits per heavy atom. The average Bonchev–Trinajstić information content (AvgIpc) is 2.29. The summed E-state index contributed by atoms with van der Waals surface area (Å²) >= 11 is 3.41. The highest BCUT2D eigenvalue weighted by Crippen LogP contribution is 2.11. The summed E-state index contributed by atoms with van der Waals surface area (Å²) in [5, 5.41) is 9.70. The second-order valence-electron chi connectivity index (χ2n) is 4.14. The van der Waals surface area contributed by atoms with Gasteiger partial charge in [-0.3, -0.25) is 4.90 Å². The van der Waals surface area contributed by atoms with Crippen molar-refractivity contribution in [1.82, 2.24) is 4.90 Å². The van der Waals surface area contributed by atoms with Gasteiger partial charge in [0, 0.05) is 24.2 Å². The molecule has 4 heteroatoms. The van der Waals surface area contributed by atoms with Crippen molar-refractivity contribution in [3.63, 3.8) is 0 Å². The molecule has 1 aromatic carbocycles. The Bertz CT molecular complexity index is 316. The third-order valence-corrected chi connectivity index (χ3v) is 2.93. The van der Waals surface area contributed by atoms with Gasteiger partial charge < -0.3 is 9.84 Å². The number of aliphatic hydroxyl groups is 1. The summed E-state index contributed by atoms with van der Waals surface area (Å²) in [4.78, 5) is 2.09. The van der Waals surface area contributed by atoms with Crippen LogP contribution in [0.15, 0.2) is 28.7 Å². The van der Waals surface area contributed by atoms with Gasteiger partial charge in [0.2, 0.25) is 0 Å². The van der Waals surface area contributed by atoms with Crippen molar-refractivity contribution in [2.75, 3.05) is 26.8 Å². The molecule has 1 aromatic rings. The van der Waals surface area contributed by atoms with Gasteiger partial charge >= 0.3 is 0 Å². The lowest BCUT2D eigenvalue weighted by atomic mass is 10.2. The molecule has 0 saturated carbocycles. The van der Waals surface area contributed by atoms with Crippen LogP contribution in [0.2, 0.25) is 0 Å². The van der Waals surface area contributed by atoms with Crippen molar-refractivity contribution < 1.29 is 9.84 Å². The van der Waals surface area contributed by atoms with E-state index in [0.29, 0.717) is 19.8 Å². The van der Waals surface area contributed by atoms with Crippen LogP contribution in [0.3, 0.4) is 0 Å². The molecule has 3 nitrogen and oxygen atoms in total. The summed E-state index contributed by atoms with van der Waals surface area (Å²) in [5.74, 6) is 0. The standard InChI is InChI=1S/C13H20BrNO2/c1-3-17-10-13(16)9-15(2)8-11-4-6-12(14)7-5-11/h4-7,13,16H,3,8-10H2,1-2H3. The maximum atomic E-state index is 9.70. The van der Waals surface area contributed by atoms with Gasteiger partial charge in [0.05, 0.1) is 12.7 Å². The van der Waals surface area contributed by atoms with Crippen LogP contribution in [-0.4, -0.2) is 42.9 Å². The molecule has 0 aromatic heterocycles. The molecule has 0 fully saturated rings. The lowest BCUT2D eigenvalue weighted by Gasteiger charge is -2.20. The zero-order valence-electron chi connectivity index (χ0n) is 10.4. The fourth-order valence-corrected chi connectivity index (χ4v) is 1.90. The summed E-state index contributed by atoms with van der Waals surface area (Å²) in [5.41, 5.74) is 1.24. The van der Waals surface area contributed by atoms with Gasteiger partial charge in [-0.25, -0.2) is 0 Å². The van der Waals surface area contributed by atoms with Crippen LogP contribution in [0.25, 0.3) is 0 Å². The lowest BCUT2D eigenvalue weighted by Crippen LogP contribution is -2.31. The molecular formula is C13H20BrNO2. The molecule has 0 saturated heterocycles. The van der Waals surface area contributed by atoms with Crippen LogP contribution < -0.4 is 0 Å². The Balaban J connectivity index is 2.33. The Hall–Kier alpha value is -0.420. The molecule has 0 spiro atoms. The monoisotopic (exact) mass is 301 g/mol. The highest BCUT2D eigenvalue weighted by molar-refractivity contribution is 9.10. The first kappa shape index (κ1) is 14.6. The number of aliphatic hydroxyl groups excluding tert-OH is 1. The second-order valence-corrected chi connectivity index (χ2v) is 5.05. The van der Waals surface area contributed by atoms with E-state index in [1.807, 2.05) is 26.1 Å². The highest BCUT2D eigenvalue weighted by Gasteiger charge is 2.08. The molecule has 0 aliphatic carbocycles. The molecule has 1 atom stereocenters. The normalized spacial score (nSPS) is 13.0. The third-order valence-electron chi connectivity index (χ3n) is 2.40. The quantitative estimate of drug-likeness (QED) is 0.839. The maximum absolute atomic E-state index is 9.70. The lowest BCUT2D eigenvalue weighted by molar-refractivity contribution is 0.0244. The largest absolute Gasteiger partial charge is 0.389 e. The minimum absolute atomic E-state index is 0.404. The van der Waals surface area contributed by atoms with E-state index in [1.54, 1.807) is 0 Å². The maximum Gasteiger partial charge on any atom is 0.0900 e. The zero-order chi connectivity index (χ0) is 12.7. The molecule has 0 bridgehead atoms. The smallest absolute Gasteiger partial charge is 0.0900 e. The number of hydrogen-bond acceptors (Lipinski definition) is 3. The van der Waals surface area contributed by atoms with Crippen LogP contribution in [0, 0.1) is 0 Å². The van der Waals surface area contributed by atoms with Gasteiger partial charge in [-0.15, -0.1) is 0 Å². The van der Waals surface area contributed by atoms with Crippen molar-refractivity contribution in [2.24, 2.45) is 0 Å². The fourth-order valence-electron chi connectivity index (χ4n) is 1.63. The Morgan fingerprint density at radius 1 is 1.35 bits per heavy atom. The fraction of sp³-hybridized carbons (Fsp3) is 0.538. The van der Waals surface area contributed by atoms with E-state index < -0.39 is 6.10 Å². The molecule has 0 aliphatic rings. The number of rotatable bonds is 7. The SMILES string of the molecule is CCOCC(O)CN(C)Cc1ccc(Br)cc1. The Kier molecular flexibility index (Phi) is 6.73. The minimum Gasteiger partial charge on any atom is -0.389 e. The topological polar surface area (TPSA) is 32.7 Å². The molecule has 1 unspecified atom stereocenters. The summed E-state index contributed by atoms with van der Waals surface area (Å²) in [6.07, 6.45) is -0.421. The van der Waals surface area contributed by atoms with Crippen LogP contribution >= 0.6 is 15.9 Å². The number of hydrogen-bond donors (Lipinski definition) is 1. The van der Waals surface area contributed by atoms with Crippen molar-refractivity contribution in [3.8, 4) is 0 Å². The van der Waals surface area contributed by atoms with Gasteiger partial charge in [0.1, 0.15) is 0 Å². The zero-order valence-corrected chi connectivity index (χ0v) is 12.0. The molecule has 0 aliphatic heterocycles. The summed E-state index contributed by atoms with van der Waals surface area (Å²) < 4.78 is 6.26. The first-order valence-electron chi connectivity index (χ1n) is 5.80. The predicted octanol–water partition coefficient (Wildman–Crippen LogP) is 2.28. The minimum atomic E-state index is -0.421. The molecule has 17 heavy (non-hydrogen) atoms. The van der Waals surface area contributed by atoms with E-state index >= 15 is 0 Å². The predicted molar refractivity (Wildman–Crippen MR) is 73.0 cm³/mol. The first-order chi connectivity index (χ1) is 8.11. The highest BCUT2D eigenvalue weighted by atomic mass is 79.9. The molecule has 0 radical (unpaired) electrons. The van der Waals surface area contributed by atoms with E-state index in [9.17, 15) is 5.11 Å². The van der Waals surface area contributed by atoms with E-state index in [0.717, 1.165) is 11.0 Å². The number of nitrogens with zero attached hydrogens (tertiary/aromatic N) is 1. The summed E-state index contributed by atoms with van der Waals surface area (Å²) in [6.45, 7) is 4.43. The van der Waals surface area contributed by atoms with Gasteiger partial charge in [0.15, 0.2) is 0 Å². The summed E-state index contributed by atoms with van der Waals surface area (Å²) in [7, 11) is 2.00. The average molecular weight is 302 g/mol. The molecule has 0 amide bonds. The van der Waals surface area contributed by atoms with Gasteiger partial charge in [-0.05, 0) is 31.7 Å². The molecule has 96 valence electrons. The molecular weight excluding hydrogens is 282 g/mol. The van der Waals surface area contributed by atoms with E-state index in [-0.39, 0.29) is 0 Å². The van der Waals surface area contributed by atoms with Crippen molar-refractivity contribution in [2.45, 2.75) is 19.6 Å². The number of benzene rings is 1. The van der Waals surface area contributed by atoms with Crippen LogP contribution in [-0.2, 0) is 11.3 Å². The summed E-state index contributed by atoms with van der Waals surface area (Å²) in [6, 6.07) is 8.21. The third kappa shape index (κ3) is 6.17. The van der Waals surface area contributed by atoms with Gasteiger partial charge in [0.25, 0.3) is 0 Å². The van der Waals surface area contributed by atoms with Crippen LogP contribution in [0.1, 0.15) is 12.5 Å². The second kappa shape index (κ2) is 7.82. The van der Waals surface area contributed by atoms with Crippen LogP contribution in [0.4, 0.5) is 0 Å². The number of halogens is 1. The van der Waals surface area contributed by atoms with Crippen molar-refractivity contribution in [3.05, 3.63) is 34.3 Å². The van der Waals surface area contributed by atoms with Gasteiger partial charge in [-0.1, -0.05) is 28.1 Å². The van der Waals surface area contributed by atoms with E-state index in [1.165, 1.54) is 5.56 Å². The van der Waals surface area contributed by atoms with Crippen LogP contribution in [0.5, 0.6) is 0 Å². The molecule has 1 N–H and O–H groups in total. The number of ether oxygens (including phenoxy) is 1. The van der Waals surface area contributed by atoms with Crippen molar-refractivity contribution in [1.29, 1.82) is 0 Å². The number of likely N-dealkylation sites (N-methyl/N-ethyl adjacent to an activating group) is 1. The first-order valence-corrected chi connectivity index (χ1v) is 6.60.